The molecule has 2 aromatic heterocycles. The first kappa shape index (κ1) is 19.4. The number of aliphatic hydroxyl groups excluding tert-OH is 1. The number of amides is 1. The summed E-state index contributed by atoms with van der Waals surface area (Å²) in [4.78, 5) is 22.2. The van der Waals surface area contributed by atoms with E-state index in [1.54, 1.807) is 17.2 Å². The van der Waals surface area contributed by atoms with Crippen LogP contribution in [0.15, 0.2) is 29.0 Å². The van der Waals surface area contributed by atoms with Gasteiger partial charge in [0.25, 0.3) is 0 Å². The van der Waals surface area contributed by atoms with Gasteiger partial charge in [0.05, 0.1) is 16.9 Å². The van der Waals surface area contributed by atoms with Gasteiger partial charge in [-0.05, 0) is 38.8 Å². The quantitative estimate of drug-likeness (QED) is 0.853. The molecule has 1 amide bonds. The highest BCUT2D eigenvalue weighted by molar-refractivity contribution is 6.32. The lowest BCUT2D eigenvalue weighted by atomic mass is 10.0. The standard InChI is InChI=1S/C19H22ClN3O4/c1-19(2,3)27-18(25)23-6-4-12(5-7-23)17-14(20)8-13(9-22-17)15-10-21-16(11-24)26-15/h4,8-10,24H,5-7,11H2,1-3H3. The third-order valence-corrected chi connectivity index (χ3v) is 4.27. The van der Waals surface area contributed by atoms with E-state index >= 15 is 0 Å². The molecule has 1 N–H and O–H groups in total. The van der Waals surface area contributed by atoms with E-state index in [2.05, 4.69) is 9.97 Å². The van der Waals surface area contributed by atoms with Gasteiger partial charge in [0.15, 0.2) is 5.76 Å². The number of pyridine rings is 1. The highest BCUT2D eigenvalue weighted by Gasteiger charge is 2.24. The Morgan fingerprint density at radius 2 is 2.15 bits per heavy atom. The van der Waals surface area contributed by atoms with Crippen molar-refractivity contribution in [1.82, 2.24) is 14.9 Å². The van der Waals surface area contributed by atoms with Gasteiger partial charge < -0.3 is 19.2 Å². The van der Waals surface area contributed by atoms with Crippen molar-refractivity contribution in [1.29, 1.82) is 0 Å². The third kappa shape index (κ3) is 4.67. The van der Waals surface area contributed by atoms with E-state index in [-0.39, 0.29) is 18.6 Å². The molecule has 8 heteroatoms. The fraction of sp³-hybridized carbons (Fsp3) is 0.421. The second-order valence-corrected chi connectivity index (χ2v) is 7.64. The van der Waals surface area contributed by atoms with Crippen LogP contribution in [0.2, 0.25) is 5.02 Å². The van der Waals surface area contributed by atoms with Gasteiger partial charge in [-0.2, -0.15) is 0 Å². The minimum atomic E-state index is -0.516. The van der Waals surface area contributed by atoms with Crippen LogP contribution in [-0.4, -0.2) is 44.8 Å². The number of aromatic nitrogens is 2. The largest absolute Gasteiger partial charge is 0.444 e. The third-order valence-electron chi connectivity index (χ3n) is 3.98. The Bertz CT molecular complexity index is 870. The summed E-state index contributed by atoms with van der Waals surface area (Å²) in [6.45, 7) is 6.27. The van der Waals surface area contributed by atoms with E-state index in [1.165, 1.54) is 6.20 Å². The number of ether oxygens (including phenoxy) is 1. The van der Waals surface area contributed by atoms with E-state index < -0.39 is 5.60 Å². The van der Waals surface area contributed by atoms with E-state index in [9.17, 15) is 4.79 Å². The van der Waals surface area contributed by atoms with Crippen LogP contribution in [0.25, 0.3) is 16.9 Å². The number of oxazole rings is 1. The Morgan fingerprint density at radius 1 is 1.37 bits per heavy atom. The molecule has 0 aromatic carbocycles. The molecular formula is C19H22ClN3O4. The maximum absolute atomic E-state index is 12.2. The fourth-order valence-corrected chi connectivity index (χ4v) is 2.99. The molecule has 0 atom stereocenters. The lowest BCUT2D eigenvalue weighted by molar-refractivity contribution is 0.0270. The Hall–Kier alpha value is -2.38. The van der Waals surface area contributed by atoms with Crippen molar-refractivity contribution in [3.63, 3.8) is 0 Å². The van der Waals surface area contributed by atoms with Crippen LogP contribution in [0.1, 0.15) is 38.8 Å². The topological polar surface area (TPSA) is 88.7 Å². The Kier molecular flexibility index (Phi) is 5.53. The van der Waals surface area contributed by atoms with Gasteiger partial charge >= 0.3 is 6.09 Å². The molecule has 0 unspecified atom stereocenters. The number of carbonyl (C=O) groups is 1. The number of halogens is 1. The summed E-state index contributed by atoms with van der Waals surface area (Å²) in [6, 6.07) is 1.76. The van der Waals surface area contributed by atoms with Gasteiger partial charge in [0, 0.05) is 24.8 Å². The number of hydrogen-bond donors (Lipinski definition) is 1. The Balaban J connectivity index is 1.73. The summed E-state index contributed by atoms with van der Waals surface area (Å²) in [5.74, 6) is 0.733. The van der Waals surface area contributed by atoms with Crippen LogP contribution in [-0.2, 0) is 11.3 Å². The molecule has 0 aliphatic carbocycles. The molecular weight excluding hydrogens is 370 g/mol. The second-order valence-electron chi connectivity index (χ2n) is 7.24. The molecule has 7 nitrogen and oxygen atoms in total. The monoisotopic (exact) mass is 391 g/mol. The molecule has 27 heavy (non-hydrogen) atoms. The van der Waals surface area contributed by atoms with E-state index in [0.717, 1.165) is 5.57 Å². The van der Waals surface area contributed by atoms with Gasteiger partial charge in [0.2, 0.25) is 5.89 Å². The van der Waals surface area contributed by atoms with Gasteiger partial charge in [0.1, 0.15) is 12.2 Å². The van der Waals surface area contributed by atoms with Crippen LogP contribution >= 0.6 is 11.6 Å². The minimum Gasteiger partial charge on any atom is -0.444 e. The maximum atomic E-state index is 12.2. The second kappa shape index (κ2) is 7.70. The first-order chi connectivity index (χ1) is 12.8. The first-order valence-electron chi connectivity index (χ1n) is 8.65. The van der Waals surface area contributed by atoms with E-state index in [4.69, 9.17) is 25.9 Å². The van der Waals surface area contributed by atoms with Crippen LogP contribution in [0.5, 0.6) is 0 Å². The van der Waals surface area contributed by atoms with Crippen molar-refractivity contribution >= 4 is 23.3 Å². The average molecular weight is 392 g/mol. The number of hydrogen-bond acceptors (Lipinski definition) is 6. The molecule has 0 fully saturated rings. The molecule has 1 aliphatic heterocycles. The summed E-state index contributed by atoms with van der Waals surface area (Å²) >= 11 is 6.42. The van der Waals surface area contributed by atoms with Crippen molar-refractivity contribution in [2.45, 2.75) is 39.4 Å². The van der Waals surface area contributed by atoms with Gasteiger partial charge in [-0.3, -0.25) is 4.98 Å². The van der Waals surface area contributed by atoms with E-state index in [0.29, 0.717) is 41.6 Å². The predicted octanol–water partition coefficient (Wildman–Crippen LogP) is 3.91. The average Bonchev–Trinajstić information content (AvgIpc) is 3.09. The van der Waals surface area contributed by atoms with Crippen molar-refractivity contribution in [3.05, 3.63) is 41.1 Å². The van der Waals surface area contributed by atoms with Crippen molar-refractivity contribution in [2.24, 2.45) is 0 Å². The first-order valence-corrected chi connectivity index (χ1v) is 9.03. The van der Waals surface area contributed by atoms with Gasteiger partial charge in [-0.25, -0.2) is 9.78 Å². The lowest BCUT2D eigenvalue weighted by Crippen LogP contribution is -2.39. The molecule has 1 aliphatic rings. The zero-order chi connectivity index (χ0) is 19.6. The summed E-state index contributed by atoms with van der Waals surface area (Å²) in [7, 11) is 0. The number of rotatable bonds is 3. The van der Waals surface area contributed by atoms with Gasteiger partial charge in [-0.1, -0.05) is 17.7 Å². The molecule has 0 spiro atoms. The summed E-state index contributed by atoms with van der Waals surface area (Å²) in [6.07, 6.45) is 5.44. The number of carbonyl (C=O) groups excluding carboxylic acids is 1. The molecule has 3 heterocycles. The van der Waals surface area contributed by atoms with Crippen LogP contribution < -0.4 is 0 Å². The number of nitrogens with zero attached hydrogens (tertiary/aromatic N) is 3. The molecule has 0 saturated carbocycles. The number of aliphatic hydroxyl groups is 1. The summed E-state index contributed by atoms with van der Waals surface area (Å²) in [5, 5.41) is 9.54. The highest BCUT2D eigenvalue weighted by atomic mass is 35.5. The smallest absolute Gasteiger partial charge is 0.410 e. The zero-order valence-electron chi connectivity index (χ0n) is 15.5. The van der Waals surface area contributed by atoms with Crippen LogP contribution in [0, 0.1) is 0 Å². The highest BCUT2D eigenvalue weighted by Crippen LogP contribution is 2.31. The van der Waals surface area contributed by atoms with Crippen LogP contribution in [0.4, 0.5) is 4.79 Å². The molecule has 0 bridgehead atoms. The fourth-order valence-electron chi connectivity index (χ4n) is 2.70. The van der Waals surface area contributed by atoms with Crippen molar-refractivity contribution in [3.8, 4) is 11.3 Å². The Labute approximate surface area is 162 Å². The summed E-state index contributed by atoms with van der Waals surface area (Å²) < 4.78 is 10.8. The lowest BCUT2D eigenvalue weighted by Gasteiger charge is -2.29. The minimum absolute atomic E-state index is 0.238. The summed E-state index contributed by atoms with van der Waals surface area (Å²) in [5.41, 5.74) is 1.84. The molecule has 0 saturated heterocycles. The zero-order valence-corrected chi connectivity index (χ0v) is 16.3. The normalized spacial score (nSPS) is 14.9. The van der Waals surface area contributed by atoms with Crippen molar-refractivity contribution < 1.29 is 19.1 Å². The SMILES string of the molecule is CC(C)(C)OC(=O)N1CC=C(c2ncc(-c3cnc(CO)o3)cc2Cl)CC1. The van der Waals surface area contributed by atoms with Crippen molar-refractivity contribution in [2.75, 3.05) is 13.1 Å². The van der Waals surface area contributed by atoms with Gasteiger partial charge in [-0.15, -0.1) is 0 Å². The maximum Gasteiger partial charge on any atom is 0.410 e. The molecule has 2 aromatic rings. The molecule has 0 radical (unpaired) electrons. The molecule has 144 valence electrons. The Morgan fingerprint density at radius 3 is 2.70 bits per heavy atom. The molecule has 3 rings (SSSR count). The predicted molar refractivity (Wildman–Crippen MR) is 101 cm³/mol. The van der Waals surface area contributed by atoms with E-state index in [1.807, 2.05) is 26.8 Å². The van der Waals surface area contributed by atoms with Crippen LogP contribution in [0.3, 0.4) is 0 Å².